The molecule has 1 aliphatic carbocycles. The van der Waals surface area contributed by atoms with Crippen molar-refractivity contribution >= 4 is 17.3 Å². The van der Waals surface area contributed by atoms with Crippen LogP contribution >= 0.6 is 0 Å². The van der Waals surface area contributed by atoms with Crippen LogP contribution in [0.3, 0.4) is 0 Å². The van der Waals surface area contributed by atoms with Crippen molar-refractivity contribution in [3.05, 3.63) is 59.7 Å². The summed E-state index contributed by atoms with van der Waals surface area (Å²) >= 11 is 0. The molecule has 1 spiro atoms. The van der Waals surface area contributed by atoms with Crippen LogP contribution in [0.25, 0.3) is 0 Å². The van der Waals surface area contributed by atoms with Gasteiger partial charge in [0.1, 0.15) is 5.66 Å². The summed E-state index contributed by atoms with van der Waals surface area (Å²) < 4.78 is 0. The number of anilines is 2. The molecule has 2 aliphatic rings. The Balaban J connectivity index is 1.86. The molecule has 0 unspecified atom stereocenters. The van der Waals surface area contributed by atoms with E-state index in [2.05, 4.69) is 36.5 Å². The van der Waals surface area contributed by atoms with Crippen LogP contribution in [0.5, 0.6) is 0 Å². The molecule has 1 aliphatic heterocycles. The molecule has 4 rings (SSSR count). The van der Waals surface area contributed by atoms with Crippen molar-refractivity contribution < 1.29 is 4.79 Å². The summed E-state index contributed by atoms with van der Waals surface area (Å²) in [5.41, 5.74) is 3.67. The van der Waals surface area contributed by atoms with E-state index in [1.165, 1.54) is 5.56 Å². The second-order valence-electron chi connectivity index (χ2n) is 6.39. The van der Waals surface area contributed by atoms with Crippen molar-refractivity contribution in [2.45, 2.75) is 38.3 Å². The maximum atomic E-state index is 13.1. The molecule has 3 heteroatoms. The maximum Gasteiger partial charge on any atom is 0.262 e. The Labute approximate surface area is 131 Å². The zero-order chi connectivity index (χ0) is 15.2. The summed E-state index contributed by atoms with van der Waals surface area (Å²) in [6.45, 7) is 2.07. The molecule has 2 aromatic rings. The van der Waals surface area contributed by atoms with Gasteiger partial charge in [0, 0.05) is 11.4 Å². The highest BCUT2D eigenvalue weighted by molar-refractivity contribution is 6.12. The fourth-order valence-corrected chi connectivity index (χ4v) is 3.77. The van der Waals surface area contributed by atoms with Gasteiger partial charge in [0.2, 0.25) is 0 Å². The van der Waals surface area contributed by atoms with Gasteiger partial charge in [0.25, 0.3) is 5.91 Å². The smallest absolute Gasteiger partial charge is 0.262 e. The molecule has 0 radical (unpaired) electrons. The molecule has 0 saturated heterocycles. The maximum absolute atomic E-state index is 13.1. The Morgan fingerprint density at radius 2 is 1.68 bits per heavy atom. The Kier molecular flexibility index (Phi) is 2.96. The molecular formula is C19H20N2O. The predicted molar refractivity (Wildman–Crippen MR) is 89.3 cm³/mol. The van der Waals surface area contributed by atoms with Gasteiger partial charge >= 0.3 is 0 Å². The van der Waals surface area contributed by atoms with Crippen LogP contribution < -0.4 is 10.2 Å². The number of para-hydroxylation sites is 1. The van der Waals surface area contributed by atoms with Gasteiger partial charge in [-0.2, -0.15) is 0 Å². The molecule has 0 aromatic heterocycles. The normalized spacial score (nSPS) is 19.1. The highest BCUT2D eigenvalue weighted by atomic mass is 16.2. The molecule has 1 N–H and O–H groups in total. The van der Waals surface area contributed by atoms with Crippen molar-refractivity contribution in [2.75, 3.05) is 10.2 Å². The van der Waals surface area contributed by atoms with E-state index in [-0.39, 0.29) is 11.6 Å². The third-order valence-corrected chi connectivity index (χ3v) is 4.88. The summed E-state index contributed by atoms with van der Waals surface area (Å²) in [6, 6.07) is 16.1. The van der Waals surface area contributed by atoms with Crippen LogP contribution in [-0.2, 0) is 0 Å². The van der Waals surface area contributed by atoms with Crippen LogP contribution in [0.4, 0.5) is 11.4 Å². The Morgan fingerprint density at radius 1 is 1.00 bits per heavy atom. The first kappa shape index (κ1) is 13.4. The van der Waals surface area contributed by atoms with E-state index in [4.69, 9.17) is 0 Å². The molecule has 1 heterocycles. The van der Waals surface area contributed by atoms with Crippen molar-refractivity contribution in [1.29, 1.82) is 0 Å². The molecule has 0 atom stereocenters. The minimum absolute atomic E-state index is 0.111. The highest BCUT2D eigenvalue weighted by Gasteiger charge is 2.47. The number of benzene rings is 2. The fraction of sp³-hybridized carbons (Fsp3) is 0.316. The monoisotopic (exact) mass is 292 g/mol. The summed E-state index contributed by atoms with van der Waals surface area (Å²) in [6.07, 6.45) is 4.32. The van der Waals surface area contributed by atoms with Gasteiger partial charge in [0.15, 0.2) is 0 Å². The third-order valence-electron chi connectivity index (χ3n) is 4.88. The summed E-state index contributed by atoms with van der Waals surface area (Å²) in [5, 5.41) is 3.67. The van der Waals surface area contributed by atoms with E-state index >= 15 is 0 Å². The quantitative estimate of drug-likeness (QED) is 0.848. The Morgan fingerprint density at radius 3 is 2.41 bits per heavy atom. The van der Waals surface area contributed by atoms with Gasteiger partial charge in [-0.15, -0.1) is 0 Å². The lowest BCUT2D eigenvalue weighted by molar-refractivity contribution is 0.0954. The van der Waals surface area contributed by atoms with E-state index in [1.54, 1.807) is 0 Å². The minimum atomic E-state index is -0.263. The molecule has 2 aromatic carbocycles. The van der Waals surface area contributed by atoms with Crippen LogP contribution in [0.15, 0.2) is 48.5 Å². The second-order valence-corrected chi connectivity index (χ2v) is 6.39. The number of hydrogen-bond donors (Lipinski definition) is 1. The first-order chi connectivity index (χ1) is 10.7. The van der Waals surface area contributed by atoms with E-state index < -0.39 is 0 Å². The van der Waals surface area contributed by atoms with Gasteiger partial charge in [-0.25, -0.2) is 0 Å². The van der Waals surface area contributed by atoms with E-state index in [1.807, 2.05) is 29.2 Å². The minimum Gasteiger partial charge on any atom is -0.362 e. The van der Waals surface area contributed by atoms with E-state index in [0.717, 1.165) is 42.6 Å². The average Bonchev–Trinajstić information content (AvgIpc) is 2.98. The standard InChI is InChI=1S/C19H20N2O/c1-14-8-10-15(11-9-14)21-18(22)16-6-2-3-7-17(16)20-19(21)12-4-5-13-19/h2-3,6-11,20H,4-5,12-13H2,1H3. The molecule has 112 valence electrons. The topological polar surface area (TPSA) is 32.3 Å². The predicted octanol–water partition coefficient (Wildman–Crippen LogP) is 4.34. The number of carbonyl (C=O) groups excluding carboxylic acids is 1. The number of nitrogens with zero attached hydrogens (tertiary/aromatic N) is 1. The Hall–Kier alpha value is -2.29. The number of hydrogen-bond acceptors (Lipinski definition) is 2. The SMILES string of the molecule is Cc1ccc(N2C(=O)c3ccccc3NC23CCCC3)cc1. The zero-order valence-electron chi connectivity index (χ0n) is 12.8. The van der Waals surface area contributed by atoms with Gasteiger partial charge in [-0.3, -0.25) is 9.69 Å². The van der Waals surface area contributed by atoms with E-state index in [9.17, 15) is 4.79 Å². The number of amides is 1. The van der Waals surface area contributed by atoms with Crippen molar-refractivity contribution in [3.63, 3.8) is 0 Å². The largest absolute Gasteiger partial charge is 0.362 e. The van der Waals surface area contributed by atoms with Crippen LogP contribution in [0, 0.1) is 6.92 Å². The molecule has 1 fully saturated rings. The van der Waals surface area contributed by atoms with E-state index in [0.29, 0.717) is 0 Å². The average molecular weight is 292 g/mol. The summed E-state index contributed by atoms with van der Waals surface area (Å²) in [5.74, 6) is 0.111. The summed E-state index contributed by atoms with van der Waals surface area (Å²) in [7, 11) is 0. The Bertz CT molecular complexity index is 714. The molecule has 3 nitrogen and oxygen atoms in total. The number of rotatable bonds is 1. The molecular weight excluding hydrogens is 272 g/mol. The molecule has 22 heavy (non-hydrogen) atoms. The van der Waals surface area contributed by atoms with Gasteiger partial charge in [0.05, 0.1) is 5.56 Å². The van der Waals surface area contributed by atoms with Gasteiger partial charge < -0.3 is 5.32 Å². The number of carbonyl (C=O) groups is 1. The third kappa shape index (κ3) is 1.92. The molecule has 1 saturated carbocycles. The zero-order valence-corrected chi connectivity index (χ0v) is 12.8. The summed E-state index contributed by atoms with van der Waals surface area (Å²) in [4.78, 5) is 15.1. The van der Waals surface area contributed by atoms with Crippen LogP contribution in [0.2, 0.25) is 0 Å². The number of fused-ring (bicyclic) bond motifs is 1. The first-order valence-corrected chi connectivity index (χ1v) is 7.98. The van der Waals surface area contributed by atoms with Gasteiger partial charge in [-0.05, 0) is 56.9 Å². The van der Waals surface area contributed by atoms with Crippen LogP contribution in [-0.4, -0.2) is 11.6 Å². The van der Waals surface area contributed by atoms with Crippen molar-refractivity contribution in [3.8, 4) is 0 Å². The fourth-order valence-electron chi connectivity index (χ4n) is 3.77. The lowest BCUT2D eigenvalue weighted by Gasteiger charge is -2.46. The van der Waals surface area contributed by atoms with Gasteiger partial charge in [-0.1, -0.05) is 29.8 Å². The number of nitrogens with one attached hydrogen (secondary N) is 1. The lowest BCUT2D eigenvalue weighted by atomic mass is 9.96. The highest BCUT2D eigenvalue weighted by Crippen LogP contribution is 2.43. The first-order valence-electron chi connectivity index (χ1n) is 7.98. The second kappa shape index (κ2) is 4.87. The lowest BCUT2D eigenvalue weighted by Crippen LogP contribution is -2.59. The van der Waals surface area contributed by atoms with Crippen molar-refractivity contribution in [1.82, 2.24) is 0 Å². The molecule has 0 bridgehead atoms. The van der Waals surface area contributed by atoms with Crippen molar-refractivity contribution in [2.24, 2.45) is 0 Å². The number of aryl methyl sites for hydroxylation is 1. The molecule has 1 amide bonds. The van der Waals surface area contributed by atoms with Crippen LogP contribution in [0.1, 0.15) is 41.6 Å².